The van der Waals surface area contributed by atoms with Crippen LogP contribution >= 0.6 is 0 Å². The van der Waals surface area contributed by atoms with E-state index >= 15 is 0 Å². The van der Waals surface area contributed by atoms with Crippen LogP contribution in [-0.4, -0.2) is 38.2 Å². The lowest BCUT2D eigenvalue weighted by Gasteiger charge is -2.13. The highest BCUT2D eigenvalue weighted by atomic mass is 16.5. The van der Waals surface area contributed by atoms with Gasteiger partial charge in [-0.2, -0.15) is 0 Å². The Balaban J connectivity index is 1.66. The zero-order valence-electron chi connectivity index (χ0n) is 14.9. The van der Waals surface area contributed by atoms with Crippen LogP contribution < -0.4 is 15.4 Å². The van der Waals surface area contributed by atoms with Crippen LogP contribution in [0.3, 0.4) is 0 Å². The lowest BCUT2D eigenvalue weighted by atomic mass is 9.97. The molecule has 0 unspecified atom stereocenters. The Labute approximate surface area is 152 Å². The molecule has 140 valence electrons. The average Bonchev–Trinajstić information content (AvgIpc) is 2.67. The molecule has 7 nitrogen and oxygen atoms in total. The van der Waals surface area contributed by atoms with Gasteiger partial charge in [0.1, 0.15) is 5.75 Å². The van der Waals surface area contributed by atoms with Crippen molar-refractivity contribution in [3.8, 4) is 5.75 Å². The second-order valence-corrected chi connectivity index (χ2v) is 5.97. The maximum atomic E-state index is 11.9. The number of methoxy groups -OCH3 is 1. The van der Waals surface area contributed by atoms with E-state index in [2.05, 4.69) is 16.7 Å². The molecule has 0 aromatic heterocycles. The lowest BCUT2D eigenvalue weighted by Crippen LogP contribution is -2.41. The van der Waals surface area contributed by atoms with Crippen LogP contribution in [-0.2, 0) is 9.53 Å². The fourth-order valence-electron chi connectivity index (χ4n) is 2.64. The van der Waals surface area contributed by atoms with E-state index in [4.69, 9.17) is 9.47 Å². The Kier molecular flexibility index (Phi) is 7.67. The number of rotatable bonds is 7. The summed E-state index contributed by atoms with van der Waals surface area (Å²) in [4.78, 5) is 35.3. The summed E-state index contributed by atoms with van der Waals surface area (Å²) < 4.78 is 9.91. The molecule has 0 fully saturated rings. The van der Waals surface area contributed by atoms with Crippen molar-refractivity contribution in [2.75, 3.05) is 20.3 Å². The van der Waals surface area contributed by atoms with Gasteiger partial charge in [-0.05, 0) is 50.3 Å². The van der Waals surface area contributed by atoms with Gasteiger partial charge in [-0.25, -0.2) is 9.59 Å². The van der Waals surface area contributed by atoms with Gasteiger partial charge >= 0.3 is 12.0 Å². The summed E-state index contributed by atoms with van der Waals surface area (Å²) in [6.07, 6.45) is 7.58. The molecule has 1 aliphatic rings. The second-order valence-electron chi connectivity index (χ2n) is 5.97. The predicted molar refractivity (Wildman–Crippen MR) is 96.0 cm³/mol. The van der Waals surface area contributed by atoms with Gasteiger partial charge in [-0.1, -0.05) is 17.7 Å². The van der Waals surface area contributed by atoms with Crippen LogP contribution in [0.1, 0.15) is 42.5 Å². The summed E-state index contributed by atoms with van der Waals surface area (Å²) >= 11 is 0. The second kappa shape index (κ2) is 10.2. The fourth-order valence-corrected chi connectivity index (χ4v) is 2.64. The minimum Gasteiger partial charge on any atom is -0.497 e. The number of urea groups is 1. The SMILES string of the molecule is COc1cccc(C(=O)OCC(=O)NC(=O)NCCC2=CCCCC2)c1. The third kappa shape index (κ3) is 6.58. The number of benzene rings is 1. The molecule has 0 radical (unpaired) electrons. The fraction of sp³-hybridized carbons (Fsp3) is 0.421. The van der Waals surface area contributed by atoms with E-state index in [0.717, 1.165) is 19.3 Å². The van der Waals surface area contributed by atoms with Crippen molar-refractivity contribution in [2.24, 2.45) is 0 Å². The molecular weight excluding hydrogens is 336 g/mol. The van der Waals surface area contributed by atoms with Gasteiger partial charge < -0.3 is 14.8 Å². The molecule has 0 heterocycles. The van der Waals surface area contributed by atoms with Crippen molar-refractivity contribution in [3.63, 3.8) is 0 Å². The molecule has 2 rings (SSSR count). The first-order valence-corrected chi connectivity index (χ1v) is 8.65. The summed E-state index contributed by atoms with van der Waals surface area (Å²) in [5, 5.41) is 4.76. The lowest BCUT2D eigenvalue weighted by molar-refractivity contribution is -0.123. The molecule has 7 heteroatoms. The van der Waals surface area contributed by atoms with E-state index in [1.807, 2.05) is 0 Å². The number of carbonyl (C=O) groups is 3. The zero-order valence-corrected chi connectivity index (χ0v) is 14.9. The topological polar surface area (TPSA) is 93.7 Å². The quantitative estimate of drug-likeness (QED) is 0.576. The van der Waals surface area contributed by atoms with E-state index in [0.29, 0.717) is 12.3 Å². The van der Waals surface area contributed by atoms with Gasteiger partial charge in [0.15, 0.2) is 6.61 Å². The number of nitrogens with one attached hydrogen (secondary N) is 2. The van der Waals surface area contributed by atoms with Crippen LogP contribution in [0.25, 0.3) is 0 Å². The summed E-state index contributed by atoms with van der Waals surface area (Å²) in [5.41, 5.74) is 1.61. The molecule has 0 saturated heterocycles. The number of allylic oxidation sites excluding steroid dienone is 1. The molecule has 0 aliphatic heterocycles. The van der Waals surface area contributed by atoms with Crippen molar-refractivity contribution >= 4 is 17.9 Å². The number of amides is 3. The Bertz CT molecular complexity index is 684. The van der Waals surface area contributed by atoms with Gasteiger partial charge in [-0.15, -0.1) is 0 Å². The van der Waals surface area contributed by atoms with Crippen LogP contribution in [0.15, 0.2) is 35.9 Å². The summed E-state index contributed by atoms with van der Waals surface area (Å²) in [7, 11) is 1.49. The molecular formula is C19H24N2O5. The van der Waals surface area contributed by atoms with E-state index in [9.17, 15) is 14.4 Å². The molecule has 0 atom stereocenters. The van der Waals surface area contributed by atoms with Crippen molar-refractivity contribution in [1.82, 2.24) is 10.6 Å². The van der Waals surface area contributed by atoms with Gasteiger partial charge in [0.25, 0.3) is 5.91 Å². The van der Waals surface area contributed by atoms with Gasteiger partial charge in [0, 0.05) is 6.54 Å². The minimum atomic E-state index is -0.685. The average molecular weight is 360 g/mol. The largest absolute Gasteiger partial charge is 0.497 e. The van der Waals surface area contributed by atoms with Crippen molar-refractivity contribution in [2.45, 2.75) is 32.1 Å². The van der Waals surface area contributed by atoms with E-state index in [1.54, 1.807) is 18.2 Å². The van der Waals surface area contributed by atoms with Crippen molar-refractivity contribution in [3.05, 3.63) is 41.5 Å². The maximum Gasteiger partial charge on any atom is 0.338 e. The van der Waals surface area contributed by atoms with Crippen LogP contribution in [0.5, 0.6) is 5.75 Å². The first-order valence-electron chi connectivity index (χ1n) is 8.65. The highest BCUT2D eigenvalue weighted by Gasteiger charge is 2.13. The molecule has 0 saturated carbocycles. The first kappa shape index (κ1) is 19.5. The Hall–Kier alpha value is -2.83. The Morgan fingerprint density at radius 2 is 2.04 bits per heavy atom. The van der Waals surface area contributed by atoms with Gasteiger partial charge in [0.2, 0.25) is 0 Å². The summed E-state index contributed by atoms with van der Waals surface area (Å²) in [6.45, 7) is -0.0663. The number of carbonyl (C=O) groups excluding carboxylic acids is 3. The predicted octanol–water partition coefficient (Wildman–Crippen LogP) is 2.57. The van der Waals surface area contributed by atoms with Crippen LogP contribution in [0.2, 0.25) is 0 Å². The molecule has 26 heavy (non-hydrogen) atoms. The zero-order chi connectivity index (χ0) is 18.8. The van der Waals surface area contributed by atoms with E-state index < -0.39 is 24.5 Å². The highest BCUT2D eigenvalue weighted by Crippen LogP contribution is 2.19. The number of esters is 1. The number of hydrogen-bond donors (Lipinski definition) is 2. The molecule has 0 spiro atoms. The molecule has 2 N–H and O–H groups in total. The van der Waals surface area contributed by atoms with Crippen LogP contribution in [0.4, 0.5) is 4.79 Å². The first-order chi connectivity index (χ1) is 12.6. The molecule has 1 aliphatic carbocycles. The monoisotopic (exact) mass is 360 g/mol. The number of hydrogen-bond acceptors (Lipinski definition) is 5. The third-order valence-electron chi connectivity index (χ3n) is 4.01. The van der Waals surface area contributed by atoms with Crippen molar-refractivity contribution < 1.29 is 23.9 Å². The Morgan fingerprint density at radius 1 is 1.19 bits per heavy atom. The third-order valence-corrected chi connectivity index (χ3v) is 4.01. The van der Waals surface area contributed by atoms with E-state index in [-0.39, 0.29) is 5.56 Å². The van der Waals surface area contributed by atoms with Crippen molar-refractivity contribution in [1.29, 1.82) is 0 Å². The smallest absolute Gasteiger partial charge is 0.338 e. The normalized spacial score (nSPS) is 13.3. The van der Waals surface area contributed by atoms with Crippen LogP contribution in [0, 0.1) is 0 Å². The minimum absolute atomic E-state index is 0.266. The van der Waals surface area contributed by atoms with Gasteiger partial charge in [0.05, 0.1) is 12.7 Å². The number of ether oxygens (including phenoxy) is 2. The summed E-state index contributed by atoms with van der Waals surface area (Å²) in [5.74, 6) is -0.837. The molecule has 0 bridgehead atoms. The molecule has 1 aromatic rings. The highest BCUT2D eigenvalue weighted by molar-refractivity contribution is 5.97. The molecule has 3 amide bonds. The van der Waals surface area contributed by atoms with Gasteiger partial charge in [-0.3, -0.25) is 10.1 Å². The maximum absolute atomic E-state index is 11.9. The van der Waals surface area contributed by atoms with E-state index in [1.165, 1.54) is 31.6 Å². The number of imide groups is 1. The molecule has 1 aromatic carbocycles. The standard InChI is InChI=1S/C19H24N2O5/c1-25-16-9-5-8-15(12-16)18(23)26-13-17(22)21-19(24)20-11-10-14-6-3-2-4-7-14/h5-6,8-9,12H,2-4,7,10-11,13H2,1H3,(H2,20,21,22,24). The Morgan fingerprint density at radius 3 is 2.77 bits per heavy atom. The summed E-state index contributed by atoms with van der Waals surface area (Å²) in [6, 6.07) is 5.80.